The molecule has 2 aromatic heterocycles. The van der Waals surface area contributed by atoms with E-state index < -0.39 is 0 Å². The lowest BCUT2D eigenvalue weighted by molar-refractivity contribution is 0.116. The summed E-state index contributed by atoms with van der Waals surface area (Å²) in [4.78, 5) is 3.27. The van der Waals surface area contributed by atoms with Gasteiger partial charge in [0, 0.05) is 13.7 Å². The maximum absolute atomic E-state index is 5.68. The summed E-state index contributed by atoms with van der Waals surface area (Å²) >= 11 is 5.40. The van der Waals surface area contributed by atoms with Crippen molar-refractivity contribution in [3.05, 3.63) is 10.5 Å². The van der Waals surface area contributed by atoms with Gasteiger partial charge in [0.15, 0.2) is 10.4 Å². The van der Waals surface area contributed by atoms with Crippen LogP contribution in [-0.2, 0) is 24.8 Å². The van der Waals surface area contributed by atoms with Crippen molar-refractivity contribution in [3.63, 3.8) is 0 Å². The van der Waals surface area contributed by atoms with Gasteiger partial charge < -0.3 is 9.72 Å². The molecule has 0 saturated heterocycles. The predicted octanol–water partition coefficient (Wildman–Crippen LogP) is 3.06. The van der Waals surface area contributed by atoms with Crippen LogP contribution < -0.4 is 0 Å². The zero-order valence-corrected chi connectivity index (χ0v) is 13.6. The van der Waals surface area contributed by atoms with Gasteiger partial charge in [0.1, 0.15) is 5.52 Å². The number of aromatic nitrogens is 4. The maximum Gasteiger partial charge on any atom is 0.179 e. The summed E-state index contributed by atoms with van der Waals surface area (Å²) in [6.07, 6.45) is 2.00. The second-order valence-corrected chi connectivity index (χ2v) is 5.89. The molecule has 0 aliphatic heterocycles. The van der Waals surface area contributed by atoms with Gasteiger partial charge in [0.25, 0.3) is 0 Å². The molecule has 0 aliphatic carbocycles. The van der Waals surface area contributed by atoms with Gasteiger partial charge in [0.2, 0.25) is 0 Å². The first-order chi connectivity index (χ1) is 9.54. The molecule has 0 radical (unpaired) electrons. The number of fused-ring (bicyclic) bond motifs is 1. The van der Waals surface area contributed by atoms with E-state index in [0.717, 1.165) is 47.6 Å². The minimum Gasteiger partial charge on any atom is -0.380 e. The third-order valence-electron chi connectivity index (χ3n) is 3.46. The fourth-order valence-electron chi connectivity index (χ4n) is 2.31. The number of hydrogen-bond acceptors (Lipinski definition) is 3. The second-order valence-electron chi connectivity index (χ2n) is 5.50. The minimum atomic E-state index is 0.681. The highest BCUT2D eigenvalue weighted by Gasteiger charge is 2.13. The minimum absolute atomic E-state index is 0.681. The van der Waals surface area contributed by atoms with Gasteiger partial charge in [-0.1, -0.05) is 20.8 Å². The van der Waals surface area contributed by atoms with Crippen LogP contribution in [0.4, 0.5) is 0 Å². The summed E-state index contributed by atoms with van der Waals surface area (Å²) in [5.74, 6) is 0.681. The van der Waals surface area contributed by atoms with E-state index in [1.807, 2.05) is 11.7 Å². The first kappa shape index (κ1) is 15.3. The molecule has 0 saturated carbocycles. The van der Waals surface area contributed by atoms with Gasteiger partial charge >= 0.3 is 0 Å². The van der Waals surface area contributed by atoms with Crippen molar-refractivity contribution in [1.29, 1.82) is 0 Å². The number of hydrogen-bond donors (Lipinski definition) is 1. The van der Waals surface area contributed by atoms with Crippen LogP contribution in [0.25, 0.3) is 11.2 Å². The Labute approximate surface area is 124 Å². The summed E-state index contributed by atoms with van der Waals surface area (Å²) in [6, 6.07) is 0. The summed E-state index contributed by atoms with van der Waals surface area (Å²) in [7, 11) is 1.96. The van der Waals surface area contributed by atoms with E-state index in [-0.39, 0.29) is 0 Å². The van der Waals surface area contributed by atoms with E-state index in [0.29, 0.717) is 12.5 Å². The Balaban J connectivity index is 2.08. The molecule has 1 N–H and O–H groups in total. The number of ether oxygens (including phenoxy) is 1. The van der Waals surface area contributed by atoms with E-state index >= 15 is 0 Å². The lowest BCUT2D eigenvalue weighted by atomic mass is 10.1. The van der Waals surface area contributed by atoms with E-state index in [9.17, 15) is 0 Å². The van der Waals surface area contributed by atoms with Gasteiger partial charge in [-0.3, -0.25) is 9.25 Å². The van der Waals surface area contributed by atoms with Gasteiger partial charge in [-0.2, -0.15) is 5.10 Å². The molecule has 0 bridgehead atoms. The molecule has 0 aliphatic rings. The highest BCUT2D eigenvalue weighted by Crippen LogP contribution is 2.18. The summed E-state index contributed by atoms with van der Waals surface area (Å²) in [5, 5.41) is 4.52. The monoisotopic (exact) mass is 296 g/mol. The fourth-order valence-corrected chi connectivity index (χ4v) is 2.59. The van der Waals surface area contributed by atoms with Gasteiger partial charge in [0.05, 0.1) is 18.8 Å². The van der Waals surface area contributed by atoms with Gasteiger partial charge in [-0.15, -0.1) is 0 Å². The zero-order valence-electron chi connectivity index (χ0n) is 12.8. The smallest absolute Gasteiger partial charge is 0.179 e. The lowest BCUT2D eigenvalue weighted by Crippen LogP contribution is -2.10. The third kappa shape index (κ3) is 3.12. The Hall–Kier alpha value is -1.14. The predicted molar refractivity (Wildman–Crippen MR) is 83.5 cm³/mol. The molecule has 6 heteroatoms. The Kier molecular flexibility index (Phi) is 4.99. The van der Waals surface area contributed by atoms with Crippen LogP contribution in [0.3, 0.4) is 0 Å². The molecule has 0 spiro atoms. The quantitative estimate of drug-likeness (QED) is 0.631. The van der Waals surface area contributed by atoms with Crippen LogP contribution >= 0.6 is 12.2 Å². The molecule has 2 heterocycles. The maximum atomic E-state index is 5.68. The third-order valence-corrected chi connectivity index (χ3v) is 3.78. The van der Waals surface area contributed by atoms with Crippen molar-refractivity contribution in [3.8, 4) is 0 Å². The first-order valence-electron chi connectivity index (χ1n) is 7.26. The van der Waals surface area contributed by atoms with E-state index in [4.69, 9.17) is 17.0 Å². The number of imidazole rings is 1. The van der Waals surface area contributed by atoms with Crippen molar-refractivity contribution in [2.45, 2.75) is 40.2 Å². The van der Waals surface area contributed by atoms with Gasteiger partial charge in [-0.25, -0.2) is 0 Å². The molecular weight excluding hydrogens is 272 g/mol. The molecule has 0 aromatic carbocycles. The van der Waals surface area contributed by atoms with Crippen molar-refractivity contribution in [2.75, 3.05) is 13.2 Å². The lowest BCUT2D eigenvalue weighted by Gasteiger charge is -2.08. The molecule has 0 amide bonds. The van der Waals surface area contributed by atoms with Crippen molar-refractivity contribution < 1.29 is 4.74 Å². The van der Waals surface area contributed by atoms with Crippen LogP contribution in [-0.4, -0.2) is 32.5 Å². The molecule has 2 rings (SSSR count). The highest BCUT2D eigenvalue weighted by atomic mass is 32.1. The zero-order chi connectivity index (χ0) is 14.7. The molecular formula is C14H24N4OS. The van der Waals surface area contributed by atoms with E-state index in [1.54, 1.807) is 0 Å². The molecule has 0 fully saturated rings. The molecule has 0 atom stereocenters. The summed E-state index contributed by atoms with van der Waals surface area (Å²) in [6.45, 7) is 8.77. The summed E-state index contributed by atoms with van der Waals surface area (Å²) < 4.78 is 10.4. The molecule has 0 unspecified atom stereocenters. The summed E-state index contributed by atoms with van der Waals surface area (Å²) in [5.41, 5.74) is 3.18. The largest absolute Gasteiger partial charge is 0.380 e. The number of aryl methyl sites for hydroxylation is 2. The molecule has 112 valence electrons. The fraction of sp³-hybridized carbons (Fsp3) is 0.714. The standard InChI is InChI=1S/C14H24N4OS/c1-5-11-12-13(17(4)16-11)18(14(20)15-12)7-9-19-8-6-10(2)3/h10H,5-9H2,1-4H3,(H,15,20). The Morgan fingerprint density at radius 2 is 2.10 bits per heavy atom. The Bertz CT molecular complexity index is 623. The highest BCUT2D eigenvalue weighted by molar-refractivity contribution is 7.71. The Morgan fingerprint density at radius 1 is 1.35 bits per heavy atom. The Morgan fingerprint density at radius 3 is 2.75 bits per heavy atom. The average molecular weight is 296 g/mol. The topological polar surface area (TPSA) is 47.8 Å². The molecule has 20 heavy (non-hydrogen) atoms. The number of aromatic amines is 1. The van der Waals surface area contributed by atoms with E-state index in [2.05, 4.69) is 35.4 Å². The number of nitrogens with one attached hydrogen (secondary N) is 1. The van der Waals surface area contributed by atoms with Gasteiger partial charge in [-0.05, 0) is 31.0 Å². The van der Waals surface area contributed by atoms with Crippen LogP contribution in [0.1, 0.15) is 32.9 Å². The average Bonchev–Trinajstić information content (AvgIpc) is 2.87. The molecule has 2 aromatic rings. The second kappa shape index (κ2) is 6.54. The van der Waals surface area contributed by atoms with Crippen LogP contribution in [0.2, 0.25) is 0 Å². The van der Waals surface area contributed by atoms with Crippen LogP contribution in [0.15, 0.2) is 0 Å². The van der Waals surface area contributed by atoms with Crippen LogP contribution in [0, 0.1) is 10.7 Å². The number of nitrogens with zero attached hydrogens (tertiary/aromatic N) is 3. The SMILES string of the molecule is CCc1nn(C)c2c1[nH]c(=S)n2CCOCCC(C)C. The van der Waals surface area contributed by atoms with Crippen molar-refractivity contribution in [1.82, 2.24) is 19.3 Å². The van der Waals surface area contributed by atoms with E-state index in [1.165, 1.54) is 0 Å². The van der Waals surface area contributed by atoms with Crippen molar-refractivity contribution in [2.24, 2.45) is 13.0 Å². The van der Waals surface area contributed by atoms with Crippen LogP contribution in [0.5, 0.6) is 0 Å². The molecule has 5 nitrogen and oxygen atoms in total. The number of rotatable bonds is 7. The first-order valence-corrected chi connectivity index (χ1v) is 7.67. The number of H-pyrrole nitrogens is 1. The van der Waals surface area contributed by atoms with Crippen molar-refractivity contribution >= 4 is 23.4 Å². The normalized spacial score (nSPS) is 11.8.